The van der Waals surface area contributed by atoms with Gasteiger partial charge in [-0.25, -0.2) is 0 Å². The molecule has 0 saturated heterocycles. The van der Waals surface area contributed by atoms with Gasteiger partial charge in [0.15, 0.2) is 10.4 Å². The van der Waals surface area contributed by atoms with Gasteiger partial charge in [0.1, 0.15) is 0 Å². The molecule has 7 heteroatoms. The lowest BCUT2D eigenvalue weighted by Gasteiger charge is -2.01. The maximum Gasteiger partial charge on any atom is 0.313 e. The highest BCUT2D eigenvalue weighted by molar-refractivity contribution is 9.10. The van der Waals surface area contributed by atoms with Crippen molar-refractivity contribution < 1.29 is 19.1 Å². The Balaban J connectivity index is 2.18. The van der Waals surface area contributed by atoms with Crippen LogP contribution in [0.1, 0.15) is 10.6 Å². The Morgan fingerprint density at radius 3 is 2.81 bits per heavy atom. The maximum atomic E-state index is 11.4. The highest BCUT2D eigenvalue weighted by atomic mass is 79.9. The van der Waals surface area contributed by atoms with Crippen LogP contribution in [0.15, 0.2) is 21.2 Å². The van der Waals surface area contributed by atoms with Crippen LogP contribution in [-0.2, 0) is 4.79 Å². The normalized spacial score (nSPS) is 10.1. The predicted molar refractivity (Wildman–Crippen MR) is 63.7 cm³/mol. The molecule has 0 aliphatic rings. The number of furan rings is 1. The van der Waals surface area contributed by atoms with E-state index in [4.69, 9.17) is 9.52 Å². The summed E-state index contributed by atoms with van der Waals surface area (Å²) in [5, 5.41) is 11.0. The number of aliphatic carboxylic acids is 1. The van der Waals surface area contributed by atoms with Crippen LogP contribution < -0.4 is 5.32 Å². The fourth-order valence-corrected chi connectivity index (χ4v) is 1.79. The van der Waals surface area contributed by atoms with E-state index in [0.29, 0.717) is 17.0 Å². The summed E-state index contributed by atoms with van der Waals surface area (Å²) in [5.74, 6) is -0.328. The number of amides is 1. The second-order valence-electron chi connectivity index (χ2n) is 2.81. The number of nitrogens with one attached hydrogen (secondary N) is 1. The Morgan fingerprint density at radius 2 is 2.25 bits per heavy atom. The minimum Gasteiger partial charge on any atom is -0.481 e. The van der Waals surface area contributed by atoms with Crippen molar-refractivity contribution in [3.8, 4) is 0 Å². The highest BCUT2D eigenvalue weighted by Gasteiger charge is 2.09. The molecular formula is C9H10BrNO4S. The van der Waals surface area contributed by atoms with E-state index in [2.05, 4.69) is 21.2 Å². The monoisotopic (exact) mass is 307 g/mol. The average molecular weight is 308 g/mol. The Hall–Kier alpha value is -0.950. The number of carboxylic acid groups (broad SMARTS) is 1. The summed E-state index contributed by atoms with van der Waals surface area (Å²) in [4.78, 5) is 21.6. The van der Waals surface area contributed by atoms with E-state index in [-0.39, 0.29) is 17.4 Å². The van der Waals surface area contributed by atoms with Crippen molar-refractivity contribution in [1.82, 2.24) is 5.32 Å². The first-order valence-corrected chi connectivity index (χ1v) is 6.37. The van der Waals surface area contributed by atoms with Gasteiger partial charge in [-0.3, -0.25) is 9.59 Å². The molecule has 0 fully saturated rings. The first-order chi connectivity index (χ1) is 7.59. The van der Waals surface area contributed by atoms with Gasteiger partial charge in [-0.05, 0) is 28.1 Å². The van der Waals surface area contributed by atoms with Gasteiger partial charge in [-0.1, -0.05) is 0 Å². The van der Waals surface area contributed by atoms with Crippen LogP contribution in [-0.4, -0.2) is 35.0 Å². The molecule has 0 aliphatic heterocycles. The maximum absolute atomic E-state index is 11.4. The topological polar surface area (TPSA) is 79.5 Å². The molecule has 1 aromatic rings. The summed E-state index contributed by atoms with van der Waals surface area (Å²) in [7, 11) is 0. The van der Waals surface area contributed by atoms with Crippen molar-refractivity contribution in [2.45, 2.75) is 0 Å². The van der Waals surface area contributed by atoms with Gasteiger partial charge in [0, 0.05) is 12.3 Å². The first-order valence-electron chi connectivity index (χ1n) is 4.42. The lowest BCUT2D eigenvalue weighted by molar-refractivity contribution is -0.133. The molecule has 0 saturated carbocycles. The van der Waals surface area contributed by atoms with E-state index in [1.165, 1.54) is 11.8 Å². The predicted octanol–water partition coefficient (Wildman–Crippen LogP) is 1.59. The number of carboxylic acids is 1. The Bertz CT molecular complexity index is 379. The van der Waals surface area contributed by atoms with E-state index in [9.17, 15) is 9.59 Å². The number of carbonyl (C=O) groups excluding carboxylic acids is 1. The van der Waals surface area contributed by atoms with Crippen molar-refractivity contribution in [3.63, 3.8) is 0 Å². The SMILES string of the molecule is O=C(O)CSCCNC(=O)c1ccc(Br)o1. The van der Waals surface area contributed by atoms with Gasteiger partial charge in [0.25, 0.3) is 5.91 Å². The molecule has 0 radical (unpaired) electrons. The molecule has 1 amide bonds. The van der Waals surface area contributed by atoms with E-state index in [1.807, 2.05) is 0 Å². The summed E-state index contributed by atoms with van der Waals surface area (Å²) in [5.41, 5.74) is 0. The van der Waals surface area contributed by atoms with E-state index in [0.717, 1.165) is 0 Å². The van der Waals surface area contributed by atoms with E-state index >= 15 is 0 Å². The van der Waals surface area contributed by atoms with Crippen molar-refractivity contribution in [2.75, 3.05) is 18.1 Å². The number of rotatable bonds is 6. The molecule has 0 spiro atoms. The first kappa shape index (κ1) is 13.1. The van der Waals surface area contributed by atoms with Gasteiger partial charge in [0.05, 0.1) is 5.75 Å². The van der Waals surface area contributed by atoms with Crippen molar-refractivity contribution in [1.29, 1.82) is 0 Å². The van der Waals surface area contributed by atoms with Crippen LogP contribution in [0.3, 0.4) is 0 Å². The van der Waals surface area contributed by atoms with Gasteiger partial charge >= 0.3 is 5.97 Å². The van der Waals surface area contributed by atoms with Crippen molar-refractivity contribution in [2.24, 2.45) is 0 Å². The van der Waals surface area contributed by atoms with E-state index < -0.39 is 5.97 Å². The van der Waals surface area contributed by atoms with E-state index in [1.54, 1.807) is 12.1 Å². The smallest absolute Gasteiger partial charge is 0.313 e. The lowest BCUT2D eigenvalue weighted by Crippen LogP contribution is -2.25. The van der Waals surface area contributed by atoms with Gasteiger partial charge in [-0.15, -0.1) is 11.8 Å². The highest BCUT2D eigenvalue weighted by Crippen LogP contribution is 2.13. The molecule has 5 nitrogen and oxygen atoms in total. The van der Waals surface area contributed by atoms with Crippen molar-refractivity contribution >= 4 is 39.6 Å². The zero-order chi connectivity index (χ0) is 12.0. The summed E-state index contributed by atoms with van der Waals surface area (Å²) in [6.45, 7) is 0.412. The summed E-state index contributed by atoms with van der Waals surface area (Å²) < 4.78 is 5.54. The third-order valence-corrected chi connectivity index (χ3v) is 2.92. The van der Waals surface area contributed by atoms with Crippen LogP contribution in [0.5, 0.6) is 0 Å². The molecule has 0 bridgehead atoms. The average Bonchev–Trinajstić information content (AvgIpc) is 2.63. The molecule has 0 unspecified atom stereocenters. The Kier molecular flexibility index (Phi) is 5.41. The summed E-state index contributed by atoms with van der Waals surface area (Å²) in [6, 6.07) is 3.19. The minimum absolute atomic E-state index is 0.0438. The lowest BCUT2D eigenvalue weighted by atomic mass is 10.4. The molecule has 0 aliphatic carbocycles. The van der Waals surface area contributed by atoms with Crippen LogP contribution in [0, 0.1) is 0 Å². The van der Waals surface area contributed by atoms with Crippen molar-refractivity contribution in [3.05, 3.63) is 22.6 Å². The van der Waals surface area contributed by atoms with Crippen LogP contribution in [0.4, 0.5) is 0 Å². The number of carbonyl (C=O) groups is 2. The molecule has 0 atom stereocenters. The molecule has 0 aromatic carbocycles. The van der Waals surface area contributed by atoms with Gasteiger partial charge in [0.2, 0.25) is 0 Å². The zero-order valence-corrected chi connectivity index (χ0v) is 10.6. The Morgan fingerprint density at radius 1 is 1.50 bits per heavy atom. The fraction of sp³-hybridized carbons (Fsp3) is 0.333. The molecular weight excluding hydrogens is 298 g/mol. The molecule has 1 aromatic heterocycles. The zero-order valence-electron chi connectivity index (χ0n) is 8.23. The summed E-state index contributed by atoms with van der Waals surface area (Å²) >= 11 is 4.34. The van der Waals surface area contributed by atoms with Crippen LogP contribution >= 0.6 is 27.7 Å². The van der Waals surface area contributed by atoms with Crippen LogP contribution in [0.2, 0.25) is 0 Å². The molecule has 88 valence electrons. The minimum atomic E-state index is -0.855. The number of halogens is 1. The third kappa shape index (κ3) is 4.71. The fourth-order valence-electron chi connectivity index (χ4n) is 0.920. The molecule has 2 N–H and O–H groups in total. The number of hydrogen-bond donors (Lipinski definition) is 2. The number of thioether (sulfide) groups is 1. The third-order valence-electron chi connectivity index (χ3n) is 1.55. The molecule has 1 heterocycles. The second kappa shape index (κ2) is 6.59. The Labute approximate surface area is 105 Å². The van der Waals surface area contributed by atoms with Gasteiger partial charge < -0.3 is 14.8 Å². The van der Waals surface area contributed by atoms with Gasteiger partial charge in [-0.2, -0.15) is 0 Å². The summed E-state index contributed by atoms with van der Waals surface area (Å²) in [6.07, 6.45) is 0. The largest absolute Gasteiger partial charge is 0.481 e. The molecule has 16 heavy (non-hydrogen) atoms. The molecule has 1 rings (SSSR count). The van der Waals surface area contributed by atoms with Crippen LogP contribution in [0.25, 0.3) is 0 Å². The second-order valence-corrected chi connectivity index (χ2v) is 4.69. The quantitative estimate of drug-likeness (QED) is 0.780. The number of hydrogen-bond acceptors (Lipinski definition) is 4. The standard InChI is InChI=1S/C9H10BrNO4S/c10-7-2-1-6(15-7)9(14)11-3-4-16-5-8(12)13/h1-2H,3-5H2,(H,11,14)(H,12,13).